The molecule has 0 radical (unpaired) electrons. The molecule has 7 heteroatoms. The smallest absolute Gasteiger partial charge is 0.317 e. The van der Waals surface area contributed by atoms with E-state index in [0.717, 1.165) is 6.42 Å². The van der Waals surface area contributed by atoms with E-state index in [9.17, 15) is 9.59 Å². The maximum Gasteiger partial charge on any atom is 0.317 e. The molecule has 0 aromatic heterocycles. The molecule has 1 aliphatic heterocycles. The van der Waals surface area contributed by atoms with Crippen LogP contribution in [0.4, 0.5) is 4.79 Å². The van der Waals surface area contributed by atoms with Gasteiger partial charge in [0.05, 0.1) is 0 Å². The van der Waals surface area contributed by atoms with E-state index < -0.39 is 0 Å². The summed E-state index contributed by atoms with van der Waals surface area (Å²) in [4.78, 5) is 25.7. The summed E-state index contributed by atoms with van der Waals surface area (Å²) in [6, 6.07) is 8.34. The second-order valence-electron chi connectivity index (χ2n) is 5.92. The van der Waals surface area contributed by atoms with E-state index in [2.05, 4.69) is 28.1 Å². The minimum absolute atomic E-state index is 0. The van der Waals surface area contributed by atoms with Gasteiger partial charge in [-0.3, -0.25) is 4.79 Å². The van der Waals surface area contributed by atoms with Gasteiger partial charge >= 0.3 is 6.03 Å². The number of urea groups is 1. The predicted molar refractivity (Wildman–Crippen MR) is 97.4 cm³/mol. The third kappa shape index (κ3) is 6.02. The van der Waals surface area contributed by atoms with Crippen molar-refractivity contribution in [2.45, 2.75) is 32.4 Å². The first-order valence-corrected chi connectivity index (χ1v) is 8.13. The molecule has 134 valence electrons. The SMILES string of the molecule is CNC(C)CNC(=O)CCNC(=O)N1CCc2ccccc2C1.Cl. The number of halogens is 1. The fourth-order valence-electron chi connectivity index (χ4n) is 2.52. The summed E-state index contributed by atoms with van der Waals surface area (Å²) in [7, 11) is 1.85. The van der Waals surface area contributed by atoms with Crippen molar-refractivity contribution in [3.8, 4) is 0 Å². The highest BCUT2D eigenvalue weighted by molar-refractivity contribution is 5.85. The van der Waals surface area contributed by atoms with Crippen LogP contribution in [0.2, 0.25) is 0 Å². The molecule has 1 aromatic carbocycles. The summed E-state index contributed by atoms with van der Waals surface area (Å²) in [6.45, 7) is 4.29. The molecule has 1 heterocycles. The van der Waals surface area contributed by atoms with E-state index >= 15 is 0 Å². The average molecular weight is 355 g/mol. The third-order valence-electron chi connectivity index (χ3n) is 4.14. The predicted octanol–water partition coefficient (Wildman–Crippen LogP) is 1.29. The molecule has 0 saturated carbocycles. The van der Waals surface area contributed by atoms with Crippen molar-refractivity contribution < 1.29 is 9.59 Å². The third-order valence-corrected chi connectivity index (χ3v) is 4.14. The molecular weight excluding hydrogens is 328 g/mol. The summed E-state index contributed by atoms with van der Waals surface area (Å²) >= 11 is 0. The maximum atomic E-state index is 12.2. The first kappa shape index (κ1) is 20.3. The highest BCUT2D eigenvalue weighted by atomic mass is 35.5. The van der Waals surface area contributed by atoms with Crippen molar-refractivity contribution in [3.63, 3.8) is 0 Å². The van der Waals surface area contributed by atoms with Crippen molar-refractivity contribution in [1.29, 1.82) is 0 Å². The minimum atomic E-state index is -0.101. The Balaban J connectivity index is 0.00000288. The van der Waals surface area contributed by atoms with Crippen LogP contribution in [-0.2, 0) is 17.8 Å². The van der Waals surface area contributed by atoms with Crippen molar-refractivity contribution in [2.24, 2.45) is 0 Å². The van der Waals surface area contributed by atoms with Crippen LogP contribution in [0.5, 0.6) is 0 Å². The zero-order valence-corrected chi connectivity index (χ0v) is 15.1. The summed E-state index contributed by atoms with van der Waals surface area (Å²) in [5.41, 5.74) is 2.52. The Morgan fingerprint density at radius 1 is 1.21 bits per heavy atom. The normalized spacial score (nSPS) is 14.2. The Morgan fingerprint density at radius 3 is 2.62 bits per heavy atom. The standard InChI is InChI=1S/C17H26N4O2.ClH/c1-13(18-2)11-20-16(22)7-9-19-17(23)21-10-8-14-5-3-4-6-15(14)12-21;/h3-6,13,18H,7-12H2,1-2H3,(H,19,23)(H,20,22);1H. The fourth-order valence-corrected chi connectivity index (χ4v) is 2.52. The number of hydrogen-bond acceptors (Lipinski definition) is 3. The molecule has 1 aromatic rings. The number of hydrogen-bond donors (Lipinski definition) is 3. The van der Waals surface area contributed by atoms with Gasteiger partial charge in [0.15, 0.2) is 0 Å². The summed E-state index contributed by atoms with van der Waals surface area (Å²) in [6.07, 6.45) is 1.18. The first-order valence-electron chi connectivity index (χ1n) is 8.13. The molecular formula is C17H27ClN4O2. The topological polar surface area (TPSA) is 73.5 Å². The number of carbonyl (C=O) groups is 2. The van der Waals surface area contributed by atoms with E-state index in [-0.39, 0.29) is 30.4 Å². The average Bonchev–Trinajstić information content (AvgIpc) is 2.59. The highest BCUT2D eigenvalue weighted by Gasteiger charge is 2.19. The van der Waals surface area contributed by atoms with Gasteiger partial charge in [0.2, 0.25) is 5.91 Å². The lowest BCUT2D eigenvalue weighted by atomic mass is 10.0. The Hall–Kier alpha value is -1.79. The molecule has 24 heavy (non-hydrogen) atoms. The molecule has 2 rings (SSSR count). The zero-order valence-electron chi connectivity index (χ0n) is 14.3. The molecule has 0 bridgehead atoms. The molecule has 6 nitrogen and oxygen atoms in total. The summed E-state index contributed by atoms with van der Waals surface area (Å²) < 4.78 is 0. The van der Waals surface area contributed by atoms with Crippen LogP contribution in [0.1, 0.15) is 24.5 Å². The monoisotopic (exact) mass is 354 g/mol. The summed E-state index contributed by atoms with van der Waals surface area (Å²) in [5.74, 6) is -0.0450. The number of nitrogens with zero attached hydrogens (tertiary/aromatic N) is 1. The van der Waals surface area contributed by atoms with Crippen LogP contribution < -0.4 is 16.0 Å². The van der Waals surface area contributed by atoms with Crippen molar-refractivity contribution >= 4 is 24.3 Å². The van der Waals surface area contributed by atoms with Crippen LogP contribution in [0.3, 0.4) is 0 Å². The van der Waals surface area contributed by atoms with E-state index in [1.807, 2.05) is 26.1 Å². The Kier molecular flexibility index (Phi) is 8.57. The molecule has 3 amide bonds. The van der Waals surface area contributed by atoms with Gasteiger partial charge in [0.1, 0.15) is 0 Å². The number of amides is 3. The van der Waals surface area contributed by atoms with E-state index in [1.165, 1.54) is 11.1 Å². The molecule has 0 spiro atoms. The second-order valence-corrected chi connectivity index (χ2v) is 5.92. The number of rotatable bonds is 6. The van der Waals surface area contributed by atoms with Crippen molar-refractivity contribution in [3.05, 3.63) is 35.4 Å². The van der Waals surface area contributed by atoms with E-state index in [0.29, 0.717) is 32.6 Å². The van der Waals surface area contributed by atoms with Gasteiger partial charge in [0, 0.05) is 38.6 Å². The Labute approximate surface area is 149 Å². The number of carbonyl (C=O) groups excluding carboxylic acids is 2. The number of fused-ring (bicyclic) bond motifs is 1. The Bertz CT molecular complexity index is 553. The summed E-state index contributed by atoms with van der Waals surface area (Å²) in [5, 5.41) is 8.71. The second kappa shape index (κ2) is 10.2. The molecule has 1 unspecified atom stereocenters. The molecule has 0 fully saturated rings. The van der Waals surface area contributed by atoms with E-state index in [4.69, 9.17) is 0 Å². The lowest BCUT2D eigenvalue weighted by Crippen LogP contribution is -2.44. The molecule has 3 N–H and O–H groups in total. The van der Waals surface area contributed by atoms with E-state index in [1.54, 1.807) is 4.90 Å². The van der Waals surface area contributed by atoms with Crippen LogP contribution >= 0.6 is 12.4 Å². The van der Waals surface area contributed by atoms with Gasteiger partial charge in [-0.25, -0.2) is 4.79 Å². The van der Waals surface area contributed by atoms with Gasteiger partial charge in [-0.1, -0.05) is 24.3 Å². The largest absolute Gasteiger partial charge is 0.354 e. The molecule has 0 saturated heterocycles. The van der Waals surface area contributed by atoms with Crippen molar-refractivity contribution in [1.82, 2.24) is 20.9 Å². The minimum Gasteiger partial charge on any atom is -0.354 e. The number of likely N-dealkylation sites (N-methyl/N-ethyl adjacent to an activating group) is 1. The van der Waals surface area contributed by atoms with Gasteiger partial charge in [-0.05, 0) is 31.5 Å². The maximum absolute atomic E-state index is 12.2. The Morgan fingerprint density at radius 2 is 1.92 bits per heavy atom. The lowest BCUT2D eigenvalue weighted by Gasteiger charge is -2.28. The molecule has 1 atom stereocenters. The highest BCUT2D eigenvalue weighted by Crippen LogP contribution is 2.18. The quantitative estimate of drug-likeness (QED) is 0.720. The van der Waals surface area contributed by atoms with Gasteiger partial charge in [-0.2, -0.15) is 0 Å². The molecule has 1 aliphatic rings. The lowest BCUT2D eigenvalue weighted by molar-refractivity contribution is -0.121. The van der Waals surface area contributed by atoms with Gasteiger partial charge in [-0.15, -0.1) is 12.4 Å². The molecule has 0 aliphatic carbocycles. The van der Waals surface area contributed by atoms with Crippen LogP contribution in [-0.4, -0.2) is 49.6 Å². The van der Waals surface area contributed by atoms with Gasteiger partial charge < -0.3 is 20.9 Å². The number of benzene rings is 1. The van der Waals surface area contributed by atoms with Crippen LogP contribution in [0.15, 0.2) is 24.3 Å². The van der Waals surface area contributed by atoms with Crippen molar-refractivity contribution in [2.75, 3.05) is 26.7 Å². The zero-order chi connectivity index (χ0) is 16.7. The number of nitrogens with one attached hydrogen (secondary N) is 3. The fraction of sp³-hybridized carbons (Fsp3) is 0.529. The first-order chi connectivity index (χ1) is 11.1. The van der Waals surface area contributed by atoms with Crippen LogP contribution in [0, 0.1) is 0 Å². The van der Waals surface area contributed by atoms with Crippen LogP contribution in [0.25, 0.3) is 0 Å². The van der Waals surface area contributed by atoms with Gasteiger partial charge in [0.25, 0.3) is 0 Å².